The van der Waals surface area contributed by atoms with Crippen LogP contribution in [0.5, 0.6) is 0 Å². The van der Waals surface area contributed by atoms with Crippen LogP contribution >= 0.6 is 45.9 Å². The van der Waals surface area contributed by atoms with Crippen LogP contribution < -0.4 is 20.1 Å². The lowest BCUT2D eigenvalue weighted by atomic mass is 9.92. The Morgan fingerprint density at radius 1 is 0.643 bits per heavy atom. The topological polar surface area (TPSA) is 188 Å². The highest BCUT2D eigenvalue weighted by Gasteiger charge is 2.25. The number of thiophene rings is 2. The third-order valence-electron chi connectivity index (χ3n) is 8.26. The third kappa shape index (κ3) is 13.9. The smallest absolute Gasteiger partial charge is 0.332 e. The number of halogens is 2. The molecule has 0 bridgehead atoms. The molecule has 0 saturated carbocycles. The molecule has 2 aromatic carbocycles. The van der Waals surface area contributed by atoms with E-state index in [1.165, 1.54) is 22.7 Å². The van der Waals surface area contributed by atoms with E-state index in [1.807, 2.05) is 64.8 Å². The molecule has 2 heterocycles. The maximum Gasteiger partial charge on any atom is 0.332 e. The summed E-state index contributed by atoms with van der Waals surface area (Å²) in [5.74, 6) is -1.71. The molecule has 1 atom stereocenters. The maximum absolute atomic E-state index is 12.4. The number of carbonyl (C=O) groups is 3. The van der Waals surface area contributed by atoms with Crippen LogP contribution in [0.15, 0.2) is 57.9 Å². The Balaban J connectivity index is 0.000000300. The van der Waals surface area contributed by atoms with Crippen molar-refractivity contribution in [1.29, 1.82) is 0 Å². The quantitative estimate of drug-likeness (QED) is 0.0774. The van der Waals surface area contributed by atoms with Gasteiger partial charge in [-0.05, 0) is 104 Å². The second-order valence-corrected chi connectivity index (χ2v) is 20.1. The minimum atomic E-state index is -4.13. The highest BCUT2D eigenvalue weighted by atomic mass is 35.5. The molecule has 56 heavy (non-hydrogen) atoms. The molecule has 4 amide bonds. The summed E-state index contributed by atoms with van der Waals surface area (Å²) in [4.78, 5) is 36.8. The van der Waals surface area contributed by atoms with Crippen LogP contribution in [0, 0.1) is 0 Å². The number of amides is 4. The zero-order chi connectivity index (χ0) is 42.1. The first-order valence-corrected chi connectivity index (χ1v) is 23.5. The molecule has 0 aliphatic carbocycles. The van der Waals surface area contributed by atoms with Crippen LogP contribution in [-0.2, 0) is 20.0 Å². The Hall–Kier alpha value is -3.51. The number of Topliss-reactive ketones (excluding diaryl/α,β-unsaturated/α-hetero) is 1. The molecule has 306 valence electrons. The van der Waals surface area contributed by atoms with Gasteiger partial charge in [0.1, 0.15) is 5.75 Å². The van der Waals surface area contributed by atoms with E-state index < -0.39 is 55.5 Å². The lowest BCUT2D eigenvalue weighted by Crippen LogP contribution is -2.38. The van der Waals surface area contributed by atoms with Crippen molar-refractivity contribution in [3.05, 3.63) is 101 Å². The van der Waals surface area contributed by atoms with Gasteiger partial charge in [-0.3, -0.25) is 4.79 Å². The summed E-state index contributed by atoms with van der Waals surface area (Å²) in [6.45, 7) is 15.7. The number of nitrogens with one attached hydrogen (secondary N) is 4. The summed E-state index contributed by atoms with van der Waals surface area (Å²) in [5, 5.41) is 23.1. The SMILES string of the molecule is CC(C)c1cc(Cl)cc(C(C)C)c1NC(=O)NS(=O)(=O)CC(=O)c1ccsc1.CC(C)c1cc(Cl)cc(C(C)C)c1NC(=O)NS(=O)(=O)CC(O)c1ccsc1. The van der Waals surface area contributed by atoms with Crippen molar-refractivity contribution in [2.24, 2.45) is 0 Å². The van der Waals surface area contributed by atoms with E-state index >= 15 is 0 Å². The molecule has 0 spiro atoms. The standard InChI is InChI=1S/C19H25ClN2O4S2.C19H23ClN2O4S2/c2*1-11(2)15-7-14(20)8-16(12(3)4)18(15)21-19(24)22-28(25,26)10-17(23)13-5-6-27-9-13/h5-9,11-12,17,23H,10H2,1-4H3,(H2,21,22,24);5-9,11-12H,10H2,1-4H3,(H2,21,22,24). The molecule has 0 aliphatic heterocycles. The summed E-state index contributed by atoms with van der Waals surface area (Å²) < 4.78 is 52.9. The third-order valence-corrected chi connectivity index (χ3v) is 12.5. The molecule has 2 aromatic heterocycles. The number of carbonyl (C=O) groups excluding carboxylic acids is 3. The van der Waals surface area contributed by atoms with E-state index in [1.54, 1.807) is 57.9 Å². The van der Waals surface area contributed by atoms with Gasteiger partial charge in [-0.15, -0.1) is 0 Å². The van der Waals surface area contributed by atoms with Crippen LogP contribution in [0.4, 0.5) is 21.0 Å². The fraction of sp³-hybridized carbons (Fsp3) is 0.395. The molecule has 5 N–H and O–H groups in total. The number of sulfonamides is 2. The summed E-state index contributed by atoms with van der Waals surface area (Å²) in [5.41, 5.74) is 5.14. The molecular weight excluding hydrogens is 840 g/mol. The van der Waals surface area contributed by atoms with E-state index in [0.717, 1.165) is 22.3 Å². The molecule has 0 fully saturated rings. The zero-order valence-electron chi connectivity index (χ0n) is 32.3. The predicted molar refractivity (Wildman–Crippen MR) is 229 cm³/mol. The Bertz CT molecular complexity index is 2150. The lowest BCUT2D eigenvalue weighted by molar-refractivity contribution is 0.102. The normalized spacial score (nSPS) is 12.3. The van der Waals surface area contributed by atoms with Gasteiger partial charge in [-0.1, -0.05) is 78.6 Å². The van der Waals surface area contributed by atoms with Gasteiger partial charge in [0.25, 0.3) is 0 Å². The van der Waals surface area contributed by atoms with Gasteiger partial charge in [0.05, 0.1) is 11.9 Å². The number of benzene rings is 2. The van der Waals surface area contributed by atoms with Crippen molar-refractivity contribution < 1.29 is 36.3 Å². The van der Waals surface area contributed by atoms with Crippen LogP contribution in [0.1, 0.15) is 123 Å². The molecule has 0 saturated heterocycles. The Labute approximate surface area is 347 Å². The number of ketones is 1. The van der Waals surface area contributed by atoms with Gasteiger partial charge in [0, 0.05) is 32.4 Å². The van der Waals surface area contributed by atoms with Crippen LogP contribution in [0.3, 0.4) is 0 Å². The van der Waals surface area contributed by atoms with Crippen molar-refractivity contribution in [2.45, 2.75) is 85.2 Å². The lowest BCUT2D eigenvalue weighted by Gasteiger charge is -2.21. The van der Waals surface area contributed by atoms with Gasteiger partial charge in [-0.25, -0.2) is 35.9 Å². The molecule has 0 aliphatic rings. The average molecular weight is 888 g/mol. The number of aliphatic hydroxyl groups excluding tert-OH is 1. The van der Waals surface area contributed by atoms with E-state index in [0.29, 0.717) is 32.5 Å². The van der Waals surface area contributed by atoms with E-state index in [9.17, 15) is 36.3 Å². The Kier molecular flexibility index (Phi) is 17.0. The van der Waals surface area contributed by atoms with Gasteiger partial charge < -0.3 is 15.7 Å². The first-order valence-electron chi connectivity index (χ1n) is 17.5. The first kappa shape index (κ1) is 46.9. The van der Waals surface area contributed by atoms with Gasteiger partial charge >= 0.3 is 12.1 Å². The maximum atomic E-state index is 12.4. The summed E-state index contributed by atoms with van der Waals surface area (Å²) in [6.07, 6.45) is -1.20. The number of anilines is 2. The zero-order valence-corrected chi connectivity index (χ0v) is 37.0. The molecule has 12 nitrogen and oxygen atoms in total. The van der Waals surface area contributed by atoms with Crippen molar-refractivity contribution >= 4 is 95.1 Å². The van der Waals surface area contributed by atoms with Gasteiger partial charge in [0.15, 0.2) is 5.78 Å². The van der Waals surface area contributed by atoms with Crippen LogP contribution in [-0.4, -0.2) is 51.3 Å². The van der Waals surface area contributed by atoms with Gasteiger partial charge in [-0.2, -0.15) is 22.7 Å². The minimum absolute atomic E-state index is 0.0586. The second kappa shape index (κ2) is 20.3. The fourth-order valence-corrected chi connectivity index (χ4v) is 9.28. The summed E-state index contributed by atoms with van der Waals surface area (Å²) in [6, 6.07) is 8.44. The number of aliphatic hydroxyl groups is 1. The monoisotopic (exact) mass is 886 g/mol. The summed E-state index contributed by atoms with van der Waals surface area (Å²) in [7, 11) is -8.17. The van der Waals surface area contributed by atoms with E-state index in [-0.39, 0.29) is 23.7 Å². The van der Waals surface area contributed by atoms with E-state index in [4.69, 9.17) is 23.2 Å². The highest BCUT2D eigenvalue weighted by molar-refractivity contribution is 7.90. The van der Waals surface area contributed by atoms with Crippen molar-refractivity contribution in [3.8, 4) is 0 Å². The number of hydrogen-bond acceptors (Lipinski definition) is 10. The molecule has 18 heteroatoms. The number of rotatable bonds is 14. The van der Waals surface area contributed by atoms with Crippen LogP contribution in [0.2, 0.25) is 10.0 Å². The minimum Gasteiger partial charge on any atom is -0.387 e. The Morgan fingerprint density at radius 3 is 1.39 bits per heavy atom. The van der Waals surface area contributed by atoms with Gasteiger partial charge in [0.2, 0.25) is 20.0 Å². The first-order chi connectivity index (χ1) is 26.0. The van der Waals surface area contributed by atoms with Crippen molar-refractivity contribution in [2.75, 3.05) is 22.1 Å². The fourth-order valence-electron chi connectivity index (χ4n) is 5.50. The summed E-state index contributed by atoms with van der Waals surface area (Å²) >= 11 is 15.1. The molecule has 4 aromatic rings. The van der Waals surface area contributed by atoms with Crippen molar-refractivity contribution in [1.82, 2.24) is 9.44 Å². The molecule has 4 rings (SSSR count). The molecule has 1 unspecified atom stereocenters. The predicted octanol–water partition coefficient (Wildman–Crippen LogP) is 9.82. The Morgan fingerprint density at radius 2 is 1.04 bits per heavy atom. The molecule has 0 radical (unpaired) electrons. The number of hydrogen-bond donors (Lipinski definition) is 5. The number of urea groups is 2. The van der Waals surface area contributed by atoms with Crippen molar-refractivity contribution in [3.63, 3.8) is 0 Å². The molecular formula is C38H48Cl2N4O8S4. The van der Waals surface area contributed by atoms with E-state index in [2.05, 4.69) is 10.6 Å². The highest BCUT2D eigenvalue weighted by Crippen LogP contribution is 2.37. The second-order valence-electron chi connectivity index (χ2n) is 14.2. The van der Waals surface area contributed by atoms with Crippen LogP contribution in [0.25, 0.3) is 0 Å². The average Bonchev–Trinajstić information content (AvgIpc) is 3.81. The largest absolute Gasteiger partial charge is 0.387 e.